The van der Waals surface area contributed by atoms with Crippen LogP contribution in [0.5, 0.6) is 5.75 Å². The Balaban J connectivity index is 1.84. The van der Waals surface area contributed by atoms with Crippen molar-refractivity contribution in [3.05, 3.63) is 28.8 Å². The van der Waals surface area contributed by atoms with Crippen LogP contribution in [0.3, 0.4) is 0 Å². The average molecular weight is 284 g/mol. The van der Waals surface area contributed by atoms with Crippen LogP contribution in [-0.2, 0) is 11.3 Å². The lowest BCUT2D eigenvalue weighted by Gasteiger charge is -2.42. The van der Waals surface area contributed by atoms with Crippen molar-refractivity contribution in [2.75, 3.05) is 7.11 Å². The molecule has 0 radical (unpaired) electrons. The maximum Gasteiger partial charge on any atom is 0.309 e. The second kappa shape index (κ2) is 5.39. The van der Waals surface area contributed by atoms with E-state index in [1.165, 1.54) is 0 Å². The minimum Gasteiger partial charge on any atom is -0.495 e. The van der Waals surface area contributed by atoms with Crippen molar-refractivity contribution in [1.29, 1.82) is 0 Å². The van der Waals surface area contributed by atoms with E-state index in [0.717, 1.165) is 5.56 Å². The normalized spacial score (nSPS) is 25.7. The van der Waals surface area contributed by atoms with Crippen molar-refractivity contribution in [3.8, 4) is 5.75 Å². The third kappa shape index (κ3) is 3.01. The summed E-state index contributed by atoms with van der Waals surface area (Å²) in [5.41, 5.74) is 0.504. The van der Waals surface area contributed by atoms with Crippen molar-refractivity contribution >= 4 is 17.6 Å². The number of carboxylic acid groups (broad SMARTS) is 1. The summed E-state index contributed by atoms with van der Waals surface area (Å²) in [7, 11) is 1.58. The van der Waals surface area contributed by atoms with E-state index in [9.17, 15) is 4.79 Å². The number of hydrogen-bond donors (Lipinski definition) is 2. The predicted octanol–water partition coefficient (Wildman–Crippen LogP) is 2.69. The predicted molar refractivity (Wildman–Crippen MR) is 73.6 cm³/mol. The molecule has 0 aromatic heterocycles. The van der Waals surface area contributed by atoms with E-state index in [2.05, 4.69) is 5.32 Å². The molecule has 1 aliphatic carbocycles. The second-order valence-corrected chi connectivity index (χ2v) is 5.73. The molecule has 0 saturated heterocycles. The van der Waals surface area contributed by atoms with Gasteiger partial charge in [0, 0.05) is 12.6 Å². The standard InChI is InChI=1S/C14H18ClNO3/c1-14(13(17)18)6-10(7-14)16-8-9-3-4-12(19-2)11(15)5-9/h3-5,10,16H,6-8H2,1-2H3,(H,17,18). The molecule has 0 unspecified atom stereocenters. The summed E-state index contributed by atoms with van der Waals surface area (Å²) in [4.78, 5) is 11.0. The summed E-state index contributed by atoms with van der Waals surface area (Å²) in [6, 6.07) is 5.92. The summed E-state index contributed by atoms with van der Waals surface area (Å²) in [6.07, 6.45) is 1.35. The Bertz CT molecular complexity index is 484. The van der Waals surface area contributed by atoms with Crippen LogP contribution in [0.4, 0.5) is 0 Å². The first-order valence-electron chi connectivity index (χ1n) is 6.24. The smallest absolute Gasteiger partial charge is 0.309 e. The summed E-state index contributed by atoms with van der Waals surface area (Å²) in [5, 5.41) is 13.0. The molecule has 4 nitrogen and oxygen atoms in total. The number of aliphatic carboxylic acids is 1. The van der Waals surface area contributed by atoms with Crippen molar-refractivity contribution in [2.24, 2.45) is 5.41 Å². The zero-order chi connectivity index (χ0) is 14.0. The van der Waals surface area contributed by atoms with Gasteiger partial charge in [-0.15, -0.1) is 0 Å². The van der Waals surface area contributed by atoms with Crippen LogP contribution in [-0.4, -0.2) is 24.2 Å². The van der Waals surface area contributed by atoms with Gasteiger partial charge in [-0.05, 0) is 37.5 Å². The molecule has 1 saturated carbocycles. The number of hydrogen-bond acceptors (Lipinski definition) is 3. The van der Waals surface area contributed by atoms with Gasteiger partial charge in [-0.25, -0.2) is 0 Å². The SMILES string of the molecule is COc1ccc(CNC2CC(C)(C(=O)O)C2)cc1Cl. The Kier molecular flexibility index (Phi) is 4.02. The molecule has 0 aliphatic heterocycles. The highest BCUT2D eigenvalue weighted by Gasteiger charge is 2.46. The third-order valence-corrected chi connectivity index (χ3v) is 4.02. The number of ether oxygens (including phenoxy) is 1. The molecule has 0 spiro atoms. The van der Waals surface area contributed by atoms with Crippen LogP contribution in [0.25, 0.3) is 0 Å². The van der Waals surface area contributed by atoms with Gasteiger partial charge in [-0.2, -0.15) is 0 Å². The molecule has 5 heteroatoms. The van der Waals surface area contributed by atoms with Crippen molar-refractivity contribution in [1.82, 2.24) is 5.32 Å². The minimum atomic E-state index is -0.710. The number of rotatable bonds is 5. The molecule has 0 atom stereocenters. The van der Waals surface area contributed by atoms with Gasteiger partial charge in [-0.1, -0.05) is 17.7 Å². The molecule has 1 aromatic rings. The summed E-state index contributed by atoms with van der Waals surface area (Å²) in [6.45, 7) is 2.47. The molecule has 2 N–H and O–H groups in total. The number of benzene rings is 1. The van der Waals surface area contributed by atoms with Crippen LogP contribution < -0.4 is 10.1 Å². The van der Waals surface area contributed by atoms with Crippen LogP contribution in [0.1, 0.15) is 25.3 Å². The fourth-order valence-corrected chi connectivity index (χ4v) is 2.71. The molecule has 104 valence electrons. The molecule has 0 bridgehead atoms. The second-order valence-electron chi connectivity index (χ2n) is 5.32. The zero-order valence-corrected chi connectivity index (χ0v) is 11.8. The van der Waals surface area contributed by atoms with E-state index in [-0.39, 0.29) is 6.04 Å². The molecule has 1 aromatic carbocycles. The Hall–Kier alpha value is -1.26. The van der Waals surface area contributed by atoms with E-state index < -0.39 is 11.4 Å². The Labute approximate surface area is 117 Å². The fraction of sp³-hybridized carbons (Fsp3) is 0.500. The maximum absolute atomic E-state index is 11.0. The highest BCUT2D eigenvalue weighted by atomic mass is 35.5. The van der Waals surface area contributed by atoms with Gasteiger partial charge < -0.3 is 15.2 Å². The first-order chi connectivity index (χ1) is 8.94. The summed E-state index contributed by atoms with van der Waals surface area (Å²) >= 11 is 6.05. The van der Waals surface area contributed by atoms with Crippen LogP contribution >= 0.6 is 11.6 Å². The lowest BCUT2D eigenvalue weighted by atomic mass is 9.67. The Morgan fingerprint density at radius 1 is 1.58 bits per heavy atom. The number of halogens is 1. The minimum absolute atomic E-state index is 0.266. The van der Waals surface area contributed by atoms with E-state index >= 15 is 0 Å². The quantitative estimate of drug-likeness (QED) is 0.872. The lowest BCUT2D eigenvalue weighted by Crippen LogP contribution is -2.51. The van der Waals surface area contributed by atoms with Gasteiger partial charge in [0.1, 0.15) is 5.75 Å². The monoisotopic (exact) mass is 283 g/mol. The van der Waals surface area contributed by atoms with Gasteiger partial charge in [0.15, 0.2) is 0 Å². The van der Waals surface area contributed by atoms with E-state index in [0.29, 0.717) is 30.2 Å². The fourth-order valence-electron chi connectivity index (χ4n) is 2.43. The number of carbonyl (C=O) groups is 1. The largest absolute Gasteiger partial charge is 0.495 e. The Morgan fingerprint density at radius 3 is 2.79 bits per heavy atom. The summed E-state index contributed by atoms with van der Waals surface area (Å²) in [5.74, 6) is -0.0504. The topological polar surface area (TPSA) is 58.6 Å². The molecular weight excluding hydrogens is 266 g/mol. The molecule has 1 aliphatic rings. The Morgan fingerprint density at radius 2 is 2.26 bits per heavy atom. The van der Waals surface area contributed by atoms with Gasteiger partial charge >= 0.3 is 5.97 Å². The number of carboxylic acids is 1. The number of methoxy groups -OCH3 is 1. The molecular formula is C14H18ClNO3. The molecule has 0 amide bonds. The van der Waals surface area contributed by atoms with Crippen molar-refractivity contribution in [2.45, 2.75) is 32.4 Å². The maximum atomic E-state index is 11.0. The van der Waals surface area contributed by atoms with Crippen LogP contribution in [0.15, 0.2) is 18.2 Å². The van der Waals surface area contributed by atoms with Crippen molar-refractivity contribution in [3.63, 3.8) is 0 Å². The summed E-state index contributed by atoms with van der Waals surface area (Å²) < 4.78 is 5.09. The first-order valence-corrected chi connectivity index (χ1v) is 6.61. The zero-order valence-electron chi connectivity index (χ0n) is 11.1. The number of nitrogens with one attached hydrogen (secondary N) is 1. The first kappa shape index (κ1) is 14.2. The lowest BCUT2D eigenvalue weighted by molar-refractivity contribution is -0.154. The average Bonchev–Trinajstić information content (AvgIpc) is 2.33. The van der Waals surface area contributed by atoms with Gasteiger partial charge in [0.2, 0.25) is 0 Å². The molecule has 1 fully saturated rings. The molecule has 2 rings (SSSR count). The highest BCUT2D eigenvalue weighted by molar-refractivity contribution is 6.32. The van der Waals surface area contributed by atoms with E-state index in [1.807, 2.05) is 18.2 Å². The van der Waals surface area contributed by atoms with E-state index in [4.69, 9.17) is 21.4 Å². The third-order valence-electron chi connectivity index (χ3n) is 3.72. The molecule has 19 heavy (non-hydrogen) atoms. The highest BCUT2D eigenvalue weighted by Crippen LogP contribution is 2.41. The van der Waals surface area contributed by atoms with Crippen LogP contribution in [0, 0.1) is 5.41 Å². The molecule has 0 heterocycles. The van der Waals surface area contributed by atoms with E-state index in [1.54, 1.807) is 14.0 Å². The van der Waals surface area contributed by atoms with Gasteiger partial charge in [0.05, 0.1) is 17.5 Å². The van der Waals surface area contributed by atoms with Gasteiger partial charge in [0.25, 0.3) is 0 Å². The van der Waals surface area contributed by atoms with Crippen molar-refractivity contribution < 1.29 is 14.6 Å². The van der Waals surface area contributed by atoms with Gasteiger partial charge in [-0.3, -0.25) is 4.79 Å². The van der Waals surface area contributed by atoms with Crippen LogP contribution in [0.2, 0.25) is 5.02 Å².